The number of hydrogen-bond donors (Lipinski definition) is 0. The van der Waals surface area contributed by atoms with Gasteiger partial charge in [0.1, 0.15) is 13.2 Å². The maximum Gasteiger partial charge on any atom is 0.333 e. The molecule has 4 unspecified atom stereocenters. The fourth-order valence-electron chi connectivity index (χ4n) is 3.76. The lowest BCUT2D eigenvalue weighted by Gasteiger charge is -2.14. The summed E-state index contributed by atoms with van der Waals surface area (Å²) in [4.78, 5) is 26.0. The minimum atomic E-state index is -0.299. The molecule has 2 aliphatic rings. The van der Waals surface area contributed by atoms with Gasteiger partial charge >= 0.3 is 11.9 Å². The normalized spacial score (nSPS) is 22.9. The monoisotopic (exact) mass is 624 g/mol. The quantitative estimate of drug-likeness (QED) is 0.134. The molecule has 0 saturated carbocycles. The summed E-state index contributed by atoms with van der Waals surface area (Å²) in [5, 5.41) is 3.29. The van der Waals surface area contributed by atoms with Gasteiger partial charge < -0.3 is 9.47 Å². The topological polar surface area (TPSA) is 52.6 Å². The molecule has 2 heterocycles. The van der Waals surface area contributed by atoms with Crippen molar-refractivity contribution in [3.05, 3.63) is 60.7 Å². The number of ether oxygens (including phenoxy) is 2. The van der Waals surface area contributed by atoms with E-state index in [0.717, 1.165) is 23.0 Å². The number of hydrogen-bond acceptors (Lipinski definition) is 10. The third-order valence-corrected chi connectivity index (χ3v) is 15.4. The maximum absolute atomic E-state index is 11.7. The van der Waals surface area contributed by atoms with Crippen LogP contribution in [0, 0.1) is 0 Å². The number of carbonyl (C=O) groups is 2. The molecule has 0 aliphatic carbocycles. The van der Waals surface area contributed by atoms with E-state index in [-0.39, 0.29) is 11.9 Å². The Morgan fingerprint density at radius 2 is 1.21 bits per heavy atom. The van der Waals surface area contributed by atoms with E-state index in [0.29, 0.717) is 44.0 Å². The predicted molar refractivity (Wildman–Crippen MR) is 172 cm³/mol. The van der Waals surface area contributed by atoms with Gasteiger partial charge in [-0.3, -0.25) is 0 Å². The summed E-state index contributed by atoms with van der Waals surface area (Å²) in [6.45, 7) is 11.6. The highest BCUT2D eigenvalue weighted by atomic mass is 32.2. The maximum atomic E-state index is 11.7. The van der Waals surface area contributed by atoms with Crippen LogP contribution in [0.25, 0.3) is 10.8 Å². The average Bonchev–Trinajstić information content (AvgIpc) is 3.57. The Kier molecular flexibility index (Phi) is 11.7. The van der Waals surface area contributed by atoms with Crippen LogP contribution < -0.4 is 0 Å². The Morgan fingerprint density at radius 1 is 0.789 bits per heavy atom. The van der Waals surface area contributed by atoms with Gasteiger partial charge in [0.05, 0.1) is 9.16 Å². The molecular formula is C28H32O4S6. The van der Waals surface area contributed by atoms with Crippen molar-refractivity contribution in [3.8, 4) is 0 Å². The molecule has 2 fully saturated rings. The van der Waals surface area contributed by atoms with Gasteiger partial charge in [-0.05, 0) is 36.8 Å². The second-order valence-corrected chi connectivity index (χ2v) is 17.2. The van der Waals surface area contributed by atoms with E-state index in [2.05, 4.69) is 49.6 Å². The molecule has 0 N–H and O–H groups in total. The van der Waals surface area contributed by atoms with Crippen molar-refractivity contribution < 1.29 is 19.1 Å². The molecule has 2 aliphatic heterocycles. The molecule has 204 valence electrons. The molecule has 4 nitrogen and oxygen atoms in total. The predicted octanol–water partition coefficient (Wildman–Crippen LogP) is 7.61. The Labute approximate surface area is 251 Å². The first kappa shape index (κ1) is 30.2. The number of rotatable bonds is 12. The molecule has 0 bridgehead atoms. The summed E-state index contributed by atoms with van der Waals surface area (Å²) < 4.78 is 11.7. The summed E-state index contributed by atoms with van der Waals surface area (Å²) in [5.74, 6) is 3.44. The van der Waals surface area contributed by atoms with Crippen LogP contribution >= 0.6 is 70.6 Å². The number of carbonyl (C=O) groups excluding carboxylic acids is 2. The lowest BCUT2D eigenvalue weighted by molar-refractivity contribution is -0.139. The van der Waals surface area contributed by atoms with Gasteiger partial charge in [-0.25, -0.2) is 9.59 Å². The highest BCUT2D eigenvalue weighted by Crippen LogP contribution is 2.44. The van der Waals surface area contributed by atoms with Crippen molar-refractivity contribution in [2.24, 2.45) is 0 Å². The molecule has 2 aromatic carbocycles. The molecule has 2 saturated heterocycles. The zero-order chi connectivity index (χ0) is 27.1. The second kappa shape index (κ2) is 14.7. The highest BCUT2D eigenvalue weighted by molar-refractivity contribution is 8.22. The molecule has 10 heteroatoms. The first-order chi connectivity index (χ1) is 18.3. The van der Waals surface area contributed by atoms with Crippen LogP contribution in [0.4, 0.5) is 0 Å². The summed E-state index contributed by atoms with van der Waals surface area (Å²) in [7, 11) is 0. The van der Waals surface area contributed by atoms with E-state index in [1.54, 1.807) is 13.8 Å². The minimum absolute atomic E-state index is 0.299. The fourth-order valence-corrected chi connectivity index (χ4v) is 12.9. The molecule has 38 heavy (non-hydrogen) atoms. The minimum Gasteiger partial charge on any atom is -0.461 e. The van der Waals surface area contributed by atoms with Crippen LogP contribution in [0.1, 0.15) is 13.8 Å². The van der Waals surface area contributed by atoms with Gasteiger partial charge in [0.25, 0.3) is 0 Å². The summed E-state index contributed by atoms with van der Waals surface area (Å²) in [6.07, 6.45) is 0. The zero-order valence-electron chi connectivity index (χ0n) is 21.5. The van der Waals surface area contributed by atoms with Crippen molar-refractivity contribution in [2.45, 2.75) is 43.3 Å². The largest absolute Gasteiger partial charge is 0.461 e. The second-order valence-electron chi connectivity index (χ2n) is 9.03. The Hall–Kier alpha value is -0.780. The molecule has 0 spiro atoms. The van der Waals surface area contributed by atoms with Gasteiger partial charge in [0, 0.05) is 54.4 Å². The Balaban J connectivity index is 1.27. The average molecular weight is 625 g/mol. The van der Waals surface area contributed by atoms with Gasteiger partial charge in [-0.2, -0.15) is 0 Å². The lowest BCUT2D eigenvalue weighted by Crippen LogP contribution is -2.16. The van der Waals surface area contributed by atoms with Crippen LogP contribution in [0.15, 0.2) is 70.5 Å². The molecule has 0 aromatic heterocycles. The number of fused-ring (bicyclic) bond motifs is 1. The summed E-state index contributed by atoms with van der Waals surface area (Å²) in [5.41, 5.74) is 0.903. The number of esters is 2. The van der Waals surface area contributed by atoms with Crippen molar-refractivity contribution in [1.82, 2.24) is 0 Å². The standard InChI is InChI=1S/C28H32O4S6/c1-17(2)27(29)31-11-19-13-35-25(37-19)15-33-23-9-10-24(22-8-6-5-7-21(22)23)34-16-26-36-14-20(38-26)12-32-28(30)18(3)4/h5-10,19-20,25-26H,1,3,11-16H2,2,4H3. The van der Waals surface area contributed by atoms with Crippen LogP contribution in [0.3, 0.4) is 0 Å². The Bertz CT molecular complexity index is 1090. The van der Waals surface area contributed by atoms with E-state index in [1.807, 2.05) is 70.6 Å². The van der Waals surface area contributed by atoms with Crippen molar-refractivity contribution in [1.29, 1.82) is 0 Å². The number of benzene rings is 2. The fraction of sp³-hybridized carbons (Fsp3) is 0.429. The first-order valence-electron chi connectivity index (χ1n) is 12.3. The summed E-state index contributed by atoms with van der Waals surface area (Å²) >= 11 is 11.6. The van der Waals surface area contributed by atoms with Gasteiger partial charge in [0.2, 0.25) is 0 Å². The number of thioether (sulfide) groups is 6. The van der Waals surface area contributed by atoms with E-state index < -0.39 is 0 Å². The Morgan fingerprint density at radius 3 is 1.61 bits per heavy atom. The molecule has 4 rings (SSSR count). The van der Waals surface area contributed by atoms with Crippen LogP contribution in [0.2, 0.25) is 0 Å². The van der Waals surface area contributed by atoms with Gasteiger partial charge in [-0.15, -0.1) is 70.6 Å². The van der Waals surface area contributed by atoms with Crippen LogP contribution in [0.5, 0.6) is 0 Å². The zero-order valence-corrected chi connectivity index (χ0v) is 26.4. The van der Waals surface area contributed by atoms with Crippen molar-refractivity contribution in [2.75, 3.05) is 36.2 Å². The third kappa shape index (κ3) is 8.61. The molecule has 0 radical (unpaired) electrons. The SMILES string of the molecule is C=C(C)C(=O)OCC1CSC(CSc2ccc(SCC3SCC(COC(=O)C(=C)C)S3)c3ccccc23)S1. The van der Waals surface area contributed by atoms with Crippen LogP contribution in [-0.4, -0.2) is 67.8 Å². The molecular weight excluding hydrogens is 593 g/mol. The molecule has 2 aromatic rings. The smallest absolute Gasteiger partial charge is 0.333 e. The molecule has 4 atom stereocenters. The molecule has 0 amide bonds. The first-order valence-corrected chi connectivity index (χ1v) is 18.2. The van der Waals surface area contributed by atoms with Gasteiger partial charge in [-0.1, -0.05) is 37.4 Å². The van der Waals surface area contributed by atoms with Crippen molar-refractivity contribution in [3.63, 3.8) is 0 Å². The van der Waals surface area contributed by atoms with Crippen molar-refractivity contribution >= 4 is 93.3 Å². The van der Waals surface area contributed by atoms with E-state index in [1.165, 1.54) is 20.6 Å². The van der Waals surface area contributed by atoms with E-state index in [9.17, 15) is 9.59 Å². The third-order valence-electron chi connectivity index (χ3n) is 5.72. The van der Waals surface area contributed by atoms with E-state index in [4.69, 9.17) is 9.47 Å². The summed E-state index contributed by atoms with van der Waals surface area (Å²) in [6, 6.07) is 13.2. The van der Waals surface area contributed by atoms with Crippen LogP contribution in [-0.2, 0) is 19.1 Å². The lowest BCUT2D eigenvalue weighted by atomic mass is 10.1. The van der Waals surface area contributed by atoms with Gasteiger partial charge in [0.15, 0.2) is 0 Å². The van der Waals surface area contributed by atoms with E-state index >= 15 is 0 Å². The highest BCUT2D eigenvalue weighted by Gasteiger charge is 2.29.